The quantitative estimate of drug-likeness (QED) is 0.256. The predicted octanol–water partition coefficient (Wildman–Crippen LogP) is -0.438. The van der Waals surface area contributed by atoms with E-state index < -0.39 is 0 Å². The Labute approximate surface area is 81.4 Å². The molecule has 0 fully saturated rings. The molecule has 40 valence electrons. The van der Waals surface area contributed by atoms with Gasteiger partial charge in [0.15, 0.2) is 0 Å². The third-order valence-electron chi connectivity index (χ3n) is 0. The number of hydrogen-bond acceptors (Lipinski definition) is 0. The van der Waals surface area contributed by atoms with Gasteiger partial charge in [-0.15, -0.1) is 0 Å². The van der Waals surface area contributed by atoms with Gasteiger partial charge < -0.3 is 0 Å². The van der Waals surface area contributed by atoms with Gasteiger partial charge in [0.05, 0.1) is 0 Å². The normalized spacial score (nSPS) is 6.67. The Morgan fingerprint density at radius 1 is 1.33 bits per heavy atom. The summed E-state index contributed by atoms with van der Waals surface area (Å²) in [5, 5.41) is 0. The van der Waals surface area contributed by atoms with Gasteiger partial charge in [0.2, 0.25) is 0 Å². The number of rotatable bonds is 0. The molecule has 0 aliphatic carbocycles. The standard InChI is InChI=1S/2CH3.I3.Pb/c;;1-3-2;/h2*1H3;;/q;;-1;. The fourth-order valence-corrected chi connectivity index (χ4v) is 0. The van der Waals surface area contributed by atoms with Crippen molar-refractivity contribution in [2.24, 2.45) is 0 Å². The maximum absolute atomic E-state index is 2.39. The average molecular weight is 618 g/mol. The van der Waals surface area contributed by atoms with E-state index in [0.717, 1.165) is 0 Å². The Morgan fingerprint density at radius 3 is 1.33 bits per heavy atom. The molecule has 6 heavy (non-hydrogen) atoms. The summed E-state index contributed by atoms with van der Waals surface area (Å²) in [7, 11) is 0. The zero-order valence-electron chi connectivity index (χ0n) is 3.63. The van der Waals surface area contributed by atoms with Crippen LogP contribution in [-0.2, 0) is 0 Å². The van der Waals surface area contributed by atoms with Crippen LogP contribution in [0.2, 0.25) is 8.97 Å². The topological polar surface area (TPSA) is 0 Å². The Kier molecular flexibility index (Phi) is 31.0. The van der Waals surface area contributed by atoms with E-state index in [9.17, 15) is 0 Å². The number of halogens is 3. The molecule has 0 rings (SSSR count). The van der Waals surface area contributed by atoms with Gasteiger partial charge in [0.25, 0.3) is 0 Å². The Balaban J connectivity index is 0. The molecule has 0 saturated carbocycles. The minimum atomic E-state index is 0.0833. The SMILES string of the molecule is I[I-]I.[CH3][Pb][CH3]. The maximum atomic E-state index is 2.39. The van der Waals surface area contributed by atoms with Crippen LogP contribution >= 0.6 is 37.2 Å². The summed E-state index contributed by atoms with van der Waals surface area (Å²) in [5.41, 5.74) is 0. The first-order chi connectivity index (χ1) is 2.83. The van der Waals surface area contributed by atoms with Crippen molar-refractivity contribution in [1.29, 1.82) is 0 Å². The Morgan fingerprint density at radius 2 is 1.33 bits per heavy atom. The van der Waals surface area contributed by atoms with E-state index in [2.05, 4.69) is 46.2 Å². The molecule has 0 bridgehead atoms. The van der Waals surface area contributed by atoms with Gasteiger partial charge in [-0.25, -0.2) is 0 Å². The van der Waals surface area contributed by atoms with Crippen molar-refractivity contribution in [3.05, 3.63) is 0 Å². The van der Waals surface area contributed by atoms with Crippen LogP contribution in [0.4, 0.5) is 0 Å². The molecule has 0 nitrogen and oxygen atoms in total. The summed E-state index contributed by atoms with van der Waals surface area (Å²) in [6.07, 6.45) is 0. The van der Waals surface area contributed by atoms with E-state index in [1.54, 1.807) is 0 Å². The summed E-state index contributed by atoms with van der Waals surface area (Å²) in [6, 6.07) is 0. The van der Waals surface area contributed by atoms with Crippen molar-refractivity contribution >= 4 is 61.5 Å². The van der Waals surface area contributed by atoms with E-state index in [0.29, 0.717) is 13.3 Å². The summed E-state index contributed by atoms with van der Waals surface area (Å²) in [5.74, 6) is 0. The van der Waals surface area contributed by atoms with Crippen LogP contribution in [0.15, 0.2) is 0 Å². The summed E-state index contributed by atoms with van der Waals surface area (Å²) >= 11 is 5.38. The van der Waals surface area contributed by atoms with Gasteiger partial charge in [-0.2, -0.15) is 0 Å². The van der Waals surface area contributed by atoms with Crippen LogP contribution in [0, 0.1) is 0 Å². The van der Waals surface area contributed by atoms with Crippen molar-refractivity contribution in [3.8, 4) is 0 Å². The first kappa shape index (κ1) is 11.9. The van der Waals surface area contributed by atoms with Crippen LogP contribution in [0.5, 0.6) is 0 Å². The third kappa shape index (κ3) is 27.4. The Hall–Kier alpha value is 3.11. The van der Waals surface area contributed by atoms with Gasteiger partial charge in [-0.1, -0.05) is 0 Å². The van der Waals surface area contributed by atoms with Crippen molar-refractivity contribution in [2.75, 3.05) is 0 Å². The second kappa shape index (κ2) is 15.7. The molecule has 0 aromatic carbocycles. The molecule has 2 radical (unpaired) electrons. The van der Waals surface area contributed by atoms with E-state index >= 15 is 0 Å². The molecule has 0 aromatic rings. The third-order valence-corrected chi connectivity index (χ3v) is 0. The fourth-order valence-electron chi connectivity index (χ4n) is 0. The molecule has 0 aliphatic heterocycles. The Bertz CT molecular complexity index is 10.8. The number of hydrogen-bond donors (Lipinski definition) is 0. The van der Waals surface area contributed by atoms with Crippen LogP contribution in [0.3, 0.4) is 0 Å². The summed E-state index contributed by atoms with van der Waals surface area (Å²) in [4.78, 5) is 0. The molecular weight excluding hydrogens is 612 g/mol. The molecule has 0 saturated heterocycles. The molecule has 0 atom stereocenters. The van der Waals surface area contributed by atoms with Crippen molar-refractivity contribution in [3.63, 3.8) is 0 Å². The second-order valence-electron chi connectivity index (χ2n) is 0.554. The first-order valence-corrected chi connectivity index (χ1v) is 21.6. The first-order valence-electron chi connectivity index (χ1n) is 1.29. The molecule has 0 aliphatic rings. The van der Waals surface area contributed by atoms with E-state index in [-0.39, 0.29) is 24.2 Å². The second-order valence-corrected chi connectivity index (χ2v) is 20.7. The van der Waals surface area contributed by atoms with E-state index in [1.807, 2.05) is 0 Å². The van der Waals surface area contributed by atoms with Gasteiger partial charge >= 0.3 is 83.7 Å². The zero-order valence-corrected chi connectivity index (χ0v) is 14.0. The summed E-state index contributed by atoms with van der Waals surface area (Å²) < 4.78 is 4.64. The van der Waals surface area contributed by atoms with Crippen LogP contribution in [-0.4, -0.2) is 24.2 Å². The molecule has 0 heterocycles. The monoisotopic (exact) mass is 619 g/mol. The van der Waals surface area contributed by atoms with Gasteiger partial charge in [-0.05, 0) is 0 Å². The van der Waals surface area contributed by atoms with Crippen molar-refractivity contribution < 1.29 is 13.3 Å². The van der Waals surface area contributed by atoms with Crippen molar-refractivity contribution in [2.45, 2.75) is 8.97 Å². The zero-order chi connectivity index (χ0) is 5.41. The van der Waals surface area contributed by atoms with E-state index in [4.69, 9.17) is 0 Å². The van der Waals surface area contributed by atoms with Gasteiger partial charge in [-0.3, -0.25) is 0 Å². The van der Waals surface area contributed by atoms with Gasteiger partial charge in [0, 0.05) is 0 Å². The van der Waals surface area contributed by atoms with Gasteiger partial charge in [0.1, 0.15) is 0 Å². The fraction of sp³-hybridized carbons (Fsp3) is 1.00. The minimum absolute atomic E-state index is 0.0833. The van der Waals surface area contributed by atoms with Crippen LogP contribution in [0.1, 0.15) is 0 Å². The molecule has 4 heteroatoms. The van der Waals surface area contributed by atoms with E-state index in [1.165, 1.54) is 0 Å². The average Bonchev–Trinajstić information content (AvgIpc) is 1.39. The van der Waals surface area contributed by atoms with Crippen molar-refractivity contribution in [1.82, 2.24) is 0 Å². The van der Waals surface area contributed by atoms with Crippen LogP contribution < -0.4 is 13.3 Å². The predicted molar refractivity (Wildman–Crippen MR) is 45.5 cm³/mol. The molecule has 0 spiro atoms. The van der Waals surface area contributed by atoms with Crippen LogP contribution in [0.25, 0.3) is 0 Å². The summed E-state index contributed by atoms with van der Waals surface area (Å²) in [6.45, 7) is 0. The molecule has 0 N–H and O–H groups in total. The molecule has 0 amide bonds. The molecule has 0 aromatic heterocycles. The molecule has 0 unspecified atom stereocenters. The molecular formula is C2H6I3Pb-.